The van der Waals surface area contributed by atoms with Gasteiger partial charge >= 0.3 is 0 Å². The Kier molecular flexibility index (Phi) is 6.46. The summed E-state index contributed by atoms with van der Waals surface area (Å²) in [4.78, 5) is 28.6. The normalized spacial score (nSPS) is 15.0. The molecule has 2 heterocycles. The molecule has 0 saturated heterocycles. The van der Waals surface area contributed by atoms with Crippen molar-refractivity contribution in [3.05, 3.63) is 64.6 Å². The highest BCUT2D eigenvalue weighted by molar-refractivity contribution is 7.03. The molecule has 4 rings (SSSR count). The number of hydrogen-bond acceptors (Lipinski definition) is 6. The number of carbonyl (C=O) groups is 2. The highest BCUT2D eigenvalue weighted by Gasteiger charge is 2.37. The molecule has 1 aliphatic rings. The molecule has 0 aliphatic heterocycles. The maximum atomic E-state index is 13.6. The second-order valence-electron chi connectivity index (χ2n) is 7.83. The van der Waals surface area contributed by atoms with Crippen molar-refractivity contribution in [3.8, 4) is 0 Å². The van der Waals surface area contributed by atoms with E-state index in [9.17, 15) is 9.59 Å². The Morgan fingerprint density at radius 3 is 2.71 bits per heavy atom. The number of furan rings is 1. The SMILES string of the molecule is CCc1cccc(N(C(=O)c2csnn2)C(C(=O)NC2CCCC2)c2ccc(C)o2)c1. The molecule has 2 amide bonds. The number of rotatable bonds is 7. The Balaban J connectivity index is 1.79. The molecule has 0 spiro atoms. The zero-order valence-electron chi connectivity index (χ0n) is 17.7. The van der Waals surface area contributed by atoms with Crippen molar-refractivity contribution in [1.29, 1.82) is 0 Å². The van der Waals surface area contributed by atoms with Crippen molar-refractivity contribution >= 4 is 29.0 Å². The molecule has 1 aromatic carbocycles. The van der Waals surface area contributed by atoms with E-state index in [0.29, 0.717) is 17.2 Å². The van der Waals surface area contributed by atoms with Crippen LogP contribution in [0.15, 0.2) is 46.2 Å². The summed E-state index contributed by atoms with van der Waals surface area (Å²) in [6, 6.07) is 10.4. The molecule has 8 heteroatoms. The van der Waals surface area contributed by atoms with Crippen LogP contribution >= 0.6 is 11.5 Å². The zero-order chi connectivity index (χ0) is 21.8. The van der Waals surface area contributed by atoms with Gasteiger partial charge in [0, 0.05) is 17.1 Å². The maximum Gasteiger partial charge on any atom is 0.280 e. The van der Waals surface area contributed by atoms with Gasteiger partial charge in [0.2, 0.25) is 0 Å². The molecule has 1 saturated carbocycles. The van der Waals surface area contributed by atoms with Gasteiger partial charge in [-0.15, -0.1) is 5.10 Å². The van der Waals surface area contributed by atoms with Crippen LogP contribution in [0.5, 0.6) is 0 Å². The molecule has 1 aliphatic carbocycles. The molecule has 0 radical (unpaired) electrons. The smallest absolute Gasteiger partial charge is 0.280 e. The Morgan fingerprint density at radius 2 is 2.06 bits per heavy atom. The summed E-state index contributed by atoms with van der Waals surface area (Å²) >= 11 is 1.10. The average molecular weight is 439 g/mol. The number of carbonyl (C=O) groups excluding carboxylic acids is 2. The van der Waals surface area contributed by atoms with Gasteiger partial charge in [0.25, 0.3) is 11.8 Å². The molecule has 1 N–H and O–H groups in total. The van der Waals surface area contributed by atoms with Crippen molar-refractivity contribution < 1.29 is 14.0 Å². The first-order valence-corrected chi connectivity index (χ1v) is 11.5. The Bertz CT molecular complexity index is 1040. The Hall–Kier alpha value is -3.00. The number of nitrogens with one attached hydrogen (secondary N) is 1. The van der Waals surface area contributed by atoms with E-state index < -0.39 is 6.04 Å². The van der Waals surface area contributed by atoms with E-state index in [4.69, 9.17) is 4.42 Å². The van der Waals surface area contributed by atoms with Crippen LogP contribution in [0.3, 0.4) is 0 Å². The number of amides is 2. The fourth-order valence-electron chi connectivity index (χ4n) is 4.02. The fraction of sp³-hybridized carbons (Fsp3) is 0.391. The number of aryl methyl sites for hydroxylation is 2. The molecule has 162 valence electrons. The van der Waals surface area contributed by atoms with Gasteiger partial charge in [-0.3, -0.25) is 14.5 Å². The van der Waals surface area contributed by atoms with Crippen LogP contribution in [0.1, 0.15) is 66.2 Å². The second kappa shape index (κ2) is 9.43. The number of aromatic nitrogens is 2. The Labute approximate surface area is 185 Å². The summed E-state index contributed by atoms with van der Waals surface area (Å²) < 4.78 is 9.71. The lowest BCUT2D eigenvalue weighted by molar-refractivity contribution is -0.123. The molecular weight excluding hydrogens is 412 g/mol. The number of nitrogens with zero attached hydrogens (tertiary/aromatic N) is 3. The van der Waals surface area contributed by atoms with Crippen LogP contribution in [0.2, 0.25) is 0 Å². The first kappa shape index (κ1) is 21.2. The topological polar surface area (TPSA) is 88.3 Å². The minimum absolute atomic E-state index is 0.117. The summed E-state index contributed by atoms with van der Waals surface area (Å²) in [5.41, 5.74) is 1.89. The highest BCUT2D eigenvalue weighted by Crippen LogP contribution is 2.32. The molecule has 1 unspecified atom stereocenters. The monoisotopic (exact) mass is 438 g/mol. The van der Waals surface area contributed by atoms with Crippen molar-refractivity contribution in [2.24, 2.45) is 0 Å². The molecule has 1 fully saturated rings. The van der Waals surface area contributed by atoms with Gasteiger partial charge < -0.3 is 9.73 Å². The highest BCUT2D eigenvalue weighted by atomic mass is 32.1. The van der Waals surface area contributed by atoms with Crippen LogP contribution < -0.4 is 10.2 Å². The first-order chi connectivity index (χ1) is 15.1. The molecule has 3 aromatic rings. The quantitative estimate of drug-likeness (QED) is 0.589. The summed E-state index contributed by atoms with van der Waals surface area (Å²) in [7, 11) is 0. The third-order valence-electron chi connectivity index (χ3n) is 5.63. The van der Waals surface area contributed by atoms with E-state index in [1.165, 1.54) is 4.90 Å². The standard InChI is InChI=1S/C23H26N4O3S/c1-3-16-7-6-10-18(13-16)27(23(29)19-14-31-26-25-19)21(20-12-11-15(2)30-20)22(28)24-17-8-4-5-9-17/h6-7,10-14,17,21H,3-5,8-9H2,1-2H3,(H,24,28). The van der Waals surface area contributed by atoms with Gasteiger partial charge in [-0.05, 0) is 67.5 Å². The van der Waals surface area contributed by atoms with Crippen LogP contribution in [-0.4, -0.2) is 27.4 Å². The number of hydrogen-bond donors (Lipinski definition) is 1. The maximum absolute atomic E-state index is 13.6. The first-order valence-electron chi connectivity index (χ1n) is 10.6. The largest absolute Gasteiger partial charge is 0.464 e. The molecule has 2 aromatic heterocycles. The number of anilines is 1. The molecule has 7 nitrogen and oxygen atoms in total. The lowest BCUT2D eigenvalue weighted by Gasteiger charge is -2.30. The summed E-state index contributed by atoms with van der Waals surface area (Å²) in [5, 5.41) is 8.70. The Morgan fingerprint density at radius 1 is 1.26 bits per heavy atom. The van der Waals surface area contributed by atoms with Gasteiger partial charge in [-0.2, -0.15) is 0 Å². The van der Waals surface area contributed by atoms with Crippen molar-refractivity contribution in [3.63, 3.8) is 0 Å². The van der Waals surface area contributed by atoms with E-state index >= 15 is 0 Å². The van der Waals surface area contributed by atoms with E-state index in [-0.39, 0.29) is 23.6 Å². The second-order valence-corrected chi connectivity index (χ2v) is 8.44. The van der Waals surface area contributed by atoms with Crippen molar-refractivity contribution in [1.82, 2.24) is 14.9 Å². The van der Waals surface area contributed by atoms with Gasteiger partial charge in [0.05, 0.1) is 0 Å². The lowest BCUT2D eigenvalue weighted by atomic mass is 10.1. The van der Waals surface area contributed by atoms with Crippen molar-refractivity contribution in [2.45, 2.75) is 58.0 Å². The minimum Gasteiger partial charge on any atom is -0.464 e. The molecule has 31 heavy (non-hydrogen) atoms. The van der Waals surface area contributed by atoms with E-state index in [0.717, 1.165) is 49.2 Å². The zero-order valence-corrected chi connectivity index (χ0v) is 18.5. The predicted molar refractivity (Wildman–Crippen MR) is 119 cm³/mol. The van der Waals surface area contributed by atoms with Crippen LogP contribution in [0, 0.1) is 6.92 Å². The van der Waals surface area contributed by atoms with Crippen molar-refractivity contribution in [2.75, 3.05) is 4.90 Å². The third kappa shape index (κ3) is 4.69. The van der Waals surface area contributed by atoms with Crippen LogP contribution in [0.25, 0.3) is 0 Å². The van der Waals surface area contributed by atoms with Crippen LogP contribution in [-0.2, 0) is 11.2 Å². The predicted octanol–water partition coefficient (Wildman–Crippen LogP) is 4.45. The minimum atomic E-state index is -0.949. The fourth-order valence-corrected chi connectivity index (χ4v) is 4.45. The molecular formula is C23H26N4O3S. The van der Waals surface area contributed by atoms with Crippen LogP contribution in [0.4, 0.5) is 5.69 Å². The summed E-state index contributed by atoms with van der Waals surface area (Å²) in [5.74, 6) is 0.465. The number of benzene rings is 1. The van der Waals surface area contributed by atoms with Gasteiger partial charge in [-0.1, -0.05) is 36.4 Å². The average Bonchev–Trinajstić information content (AvgIpc) is 3.54. The van der Waals surface area contributed by atoms with Gasteiger partial charge in [0.1, 0.15) is 11.5 Å². The molecule has 1 atom stereocenters. The summed E-state index contributed by atoms with van der Waals surface area (Å²) in [6.45, 7) is 3.87. The molecule has 0 bridgehead atoms. The third-order valence-corrected chi connectivity index (χ3v) is 6.14. The van der Waals surface area contributed by atoms with Gasteiger partial charge in [0.15, 0.2) is 11.7 Å². The van der Waals surface area contributed by atoms with Gasteiger partial charge in [-0.25, -0.2) is 0 Å². The summed E-state index contributed by atoms with van der Waals surface area (Å²) in [6.07, 6.45) is 4.91. The van der Waals surface area contributed by atoms with E-state index in [1.807, 2.05) is 31.2 Å². The lowest BCUT2D eigenvalue weighted by Crippen LogP contribution is -2.46. The van der Waals surface area contributed by atoms with E-state index in [1.54, 1.807) is 17.5 Å². The van der Waals surface area contributed by atoms with E-state index in [2.05, 4.69) is 21.8 Å².